The summed E-state index contributed by atoms with van der Waals surface area (Å²) in [4.78, 5) is 23.3. The predicted octanol–water partition coefficient (Wildman–Crippen LogP) is -1.79. The van der Waals surface area contributed by atoms with Crippen molar-refractivity contribution in [2.45, 2.75) is 19.9 Å². The van der Waals surface area contributed by atoms with Gasteiger partial charge in [-0.3, -0.25) is 15.0 Å². The lowest BCUT2D eigenvalue weighted by Crippen LogP contribution is -2.49. The van der Waals surface area contributed by atoms with Gasteiger partial charge in [0.15, 0.2) is 0 Å². The van der Waals surface area contributed by atoms with E-state index < -0.39 is 11.8 Å². The molecule has 0 saturated heterocycles. The molecule has 6 nitrogen and oxygen atoms in total. The molecule has 0 bridgehead atoms. The maximum atomic E-state index is 11.2. The van der Waals surface area contributed by atoms with Crippen molar-refractivity contribution in [3.05, 3.63) is 0 Å². The molecule has 0 unspecified atom stereocenters. The lowest BCUT2D eigenvalue weighted by Gasteiger charge is -2.24. The Kier molecular flexibility index (Phi) is 5.01. The highest BCUT2D eigenvalue weighted by molar-refractivity contribution is 6.34. The Hall–Kier alpha value is -1.14. The van der Waals surface area contributed by atoms with Crippen LogP contribution in [0.25, 0.3) is 0 Å². The van der Waals surface area contributed by atoms with E-state index in [-0.39, 0.29) is 19.2 Å². The number of nitrogens with two attached hydrogens (primary N) is 1. The summed E-state index contributed by atoms with van der Waals surface area (Å²) in [6, 6.07) is -0.142. The molecule has 0 rings (SSSR count). The summed E-state index contributed by atoms with van der Waals surface area (Å²) < 4.78 is 0. The van der Waals surface area contributed by atoms with Gasteiger partial charge in [-0.2, -0.15) is 0 Å². The number of hydrogen-bond acceptors (Lipinski definition) is 4. The lowest BCUT2D eigenvalue weighted by atomic mass is 10.3. The molecule has 0 aliphatic rings. The number of hydrazine groups is 1. The van der Waals surface area contributed by atoms with Gasteiger partial charge in [0, 0.05) is 12.6 Å². The van der Waals surface area contributed by atoms with Crippen molar-refractivity contribution < 1.29 is 14.7 Å². The van der Waals surface area contributed by atoms with Crippen molar-refractivity contribution >= 4 is 11.8 Å². The van der Waals surface area contributed by atoms with Crippen molar-refractivity contribution in [2.75, 3.05) is 13.2 Å². The maximum absolute atomic E-state index is 11.2. The largest absolute Gasteiger partial charge is 0.395 e. The van der Waals surface area contributed by atoms with Crippen LogP contribution in [0.15, 0.2) is 0 Å². The summed E-state index contributed by atoms with van der Waals surface area (Å²) in [5.41, 5.74) is 1.75. The van der Waals surface area contributed by atoms with Gasteiger partial charge in [0.05, 0.1) is 6.61 Å². The Morgan fingerprint density at radius 3 is 2.38 bits per heavy atom. The van der Waals surface area contributed by atoms with Crippen molar-refractivity contribution in [1.29, 1.82) is 0 Å². The minimum absolute atomic E-state index is 0.129. The molecule has 0 aromatic carbocycles. The minimum atomic E-state index is -0.873. The Morgan fingerprint density at radius 1 is 1.54 bits per heavy atom. The fraction of sp³-hybridized carbons (Fsp3) is 0.714. The molecule has 2 amide bonds. The zero-order valence-corrected chi connectivity index (χ0v) is 7.78. The molecule has 0 aromatic rings. The average Bonchev–Trinajstić information content (AvgIpc) is 2.11. The summed E-state index contributed by atoms with van der Waals surface area (Å²) >= 11 is 0. The topological polar surface area (TPSA) is 95.7 Å². The summed E-state index contributed by atoms with van der Waals surface area (Å²) in [5.74, 6) is 3.19. The number of nitrogens with zero attached hydrogens (tertiary/aromatic N) is 1. The molecule has 0 aliphatic heterocycles. The first kappa shape index (κ1) is 11.9. The van der Waals surface area contributed by atoms with Crippen LogP contribution in [-0.2, 0) is 9.59 Å². The van der Waals surface area contributed by atoms with Crippen LogP contribution in [0.1, 0.15) is 13.8 Å². The molecule has 0 saturated carbocycles. The fourth-order valence-electron chi connectivity index (χ4n) is 0.894. The number of amides is 2. The van der Waals surface area contributed by atoms with E-state index in [9.17, 15) is 9.59 Å². The molecule has 13 heavy (non-hydrogen) atoms. The first-order valence-electron chi connectivity index (χ1n) is 3.97. The normalized spacial score (nSPS) is 9.92. The molecule has 0 spiro atoms. The monoisotopic (exact) mass is 189 g/mol. The second-order valence-electron chi connectivity index (χ2n) is 2.79. The first-order chi connectivity index (χ1) is 6.04. The summed E-state index contributed by atoms with van der Waals surface area (Å²) in [6.45, 7) is 3.44. The van der Waals surface area contributed by atoms with Crippen LogP contribution in [0.5, 0.6) is 0 Å². The number of carbonyl (C=O) groups excluding carboxylic acids is 2. The van der Waals surface area contributed by atoms with E-state index in [1.165, 1.54) is 4.90 Å². The number of aliphatic hydroxyl groups excluding tert-OH is 1. The molecule has 6 heteroatoms. The van der Waals surface area contributed by atoms with Gasteiger partial charge in [-0.05, 0) is 13.8 Å². The Labute approximate surface area is 76.7 Å². The first-order valence-corrected chi connectivity index (χ1v) is 3.97. The molecule has 0 aromatic heterocycles. The molecular formula is C7H15N3O3. The van der Waals surface area contributed by atoms with Crippen molar-refractivity contribution in [3.63, 3.8) is 0 Å². The van der Waals surface area contributed by atoms with E-state index in [4.69, 9.17) is 10.9 Å². The van der Waals surface area contributed by atoms with Crippen LogP contribution >= 0.6 is 0 Å². The summed E-state index contributed by atoms with van der Waals surface area (Å²) in [5, 5.41) is 8.63. The smallest absolute Gasteiger partial charge is 0.323 e. The van der Waals surface area contributed by atoms with Crippen molar-refractivity contribution in [2.24, 2.45) is 5.84 Å². The molecule has 0 radical (unpaired) electrons. The molecule has 0 atom stereocenters. The maximum Gasteiger partial charge on any atom is 0.323 e. The van der Waals surface area contributed by atoms with Gasteiger partial charge >= 0.3 is 11.8 Å². The van der Waals surface area contributed by atoms with Gasteiger partial charge in [-0.1, -0.05) is 0 Å². The van der Waals surface area contributed by atoms with Crippen LogP contribution in [0.4, 0.5) is 0 Å². The predicted molar refractivity (Wildman–Crippen MR) is 46.3 cm³/mol. The number of hydrogen-bond donors (Lipinski definition) is 3. The third-order valence-electron chi connectivity index (χ3n) is 1.55. The summed E-state index contributed by atoms with van der Waals surface area (Å²) in [7, 11) is 0. The quantitative estimate of drug-likeness (QED) is 0.211. The number of rotatable bonds is 3. The third kappa shape index (κ3) is 3.39. The molecule has 0 aliphatic carbocycles. The van der Waals surface area contributed by atoms with Gasteiger partial charge in [-0.15, -0.1) is 0 Å². The minimum Gasteiger partial charge on any atom is -0.395 e. The van der Waals surface area contributed by atoms with Crippen LogP contribution in [0, 0.1) is 0 Å². The van der Waals surface area contributed by atoms with E-state index in [0.717, 1.165) is 0 Å². The van der Waals surface area contributed by atoms with Crippen LogP contribution in [0.2, 0.25) is 0 Å². The van der Waals surface area contributed by atoms with Crippen molar-refractivity contribution in [3.8, 4) is 0 Å². The van der Waals surface area contributed by atoms with Crippen LogP contribution in [-0.4, -0.2) is 41.0 Å². The molecular weight excluding hydrogens is 174 g/mol. The van der Waals surface area contributed by atoms with E-state index in [2.05, 4.69) is 0 Å². The van der Waals surface area contributed by atoms with E-state index in [1.54, 1.807) is 19.3 Å². The molecule has 0 heterocycles. The van der Waals surface area contributed by atoms with Gasteiger partial charge in [0.2, 0.25) is 0 Å². The zero-order valence-electron chi connectivity index (χ0n) is 7.78. The van der Waals surface area contributed by atoms with Gasteiger partial charge in [-0.25, -0.2) is 5.84 Å². The second kappa shape index (κ2) is 5.50. The Balaban J connectivity index is 4.36. The van der Waals surface area contributed by atoms with Crippen molar-refractivity contribution in [1.82, 2.24) is 10.3 Å². The van der Waals surface area contributed by atoms with Gasteiger partial charge in [0.1, 0.15) is 0 Å². The van der Waals surface area contributed by atoms with E-state index in [1.807, 2.05) is 0 Å². The van der Waals surface area contributed by atoms with Gasteiger partial charge < -0.3 is 10.0 Å². The number of aliphatic hydroxyl groups is 1. The highest BCUT2D eigenvalue weighted by atomic mass is 16.3. The van der Waals surface area contributed by atoms with E-state index in [0.29, 0.717) is 0 Å². The number of nitrogens with one attached hydrogen (secondary N) is 1. The highest BCUT2D eigenvalue weighted by Gasteiger charge is 2.22. The Morgan fingerprint density at radius 2 is 2.08 bits per heavy atom. The molecule has 4 N–H and O–H groups in total. The Bertz CT molecular complexity index is 193. The lowest BCUT2D eigenvalue weighted by molar-refractivity contribution is -0.147. The molecule has 0 fully saturated rings. The van der Waals surface area contributed by atoms with Gasteiger partial charge in [0.25, 0.3) is 0 Å². The van der Waals surface area contributed by atoms with Crippen LogP contribution < -0.4 is 11.3 Å². The highest BCUT2D eigenvalue weighted by Crippen LogP contribution is 1.97. The number of carbonyl (C=O) groups is 2. The molecule has 76 valence electrons. The third-order valence-corrected chi connectivity index (χ3v) is 1.55. The zero-order chi connectivity index (χ0) is 10.4. The standard InChI is InChI=1S/C7H15N3O3/c1-5(2)10(3-4-11)7(13)6(12)9-8/h5,11H,3-4,8H2,1-2H3,(H,9,12). The SMILES string of the molecule is CC(C)N(CCO)C(=O)C(=O)NN. The fourth-order valence-corrected chi connectivity index (χ4v) is 0.894. The second-order valence-corrected chi connectivity index (χ2v) is 2.79. The van der Waals surface area contributed by atoms with E-state index >= 15 is 0 Å². The van der Waals surface area contributed by atoms with Crippen LogP contribution in [0.3, 0.4) is 0 Å². The summed E-state index contributed by atoms with van der Waals surface area (Å²) in [6.07, 6.45) is 0. The average molecular weight is 189 g/mol.